The number of H-pyrrole nitrogens is 1. The number of hydrogen-bond donors (Lipinski definition) is 1. The molecule has 0 aliphatic carbocycles. The summed E-state index contributed by atoms with van der Waals surface area (Å²) in [6, 6.07) is 11.1. The predicted molar refractivity (Wildman–Crippen MR) is 106 cm³/mol. The third-order valence-electron chi connectivity index (χ3n) is 4.33. The molecule has 2 aromatic carbocycles. The van der Waals surface area contributed by atoms with Gasteiger partial charge in [0.2, 0.25) is 6.54 Å². The summed E-state index contributed by atoms with van der Waals surface area (Å²) in [6.45, 7) is 3.62. The van der Waals surface area contributed by atoms with E-state index in [1.165, 1.54) is 7.11 Å². The Morgan fingerprint density at radius 3 is 2.85 bits per heavy atom. The molecule has 3 rings (SSSR count). The normalized spacial score (nSPS) is 11.9. The van der Waals surface area contributed by atoms with E-state index in [2.05, 4.69) is 11.6 Å². The van der Waals surface area contributed by atoms with Crippen LogP contribution in [0.3, 0.4) is 0 Å². The van der Waals surface area contributed by atoms with Gasteiger partial charge in [-0.3, -0.25) is 10.1 Å². The molecule has 7 heteroatoms. The molecule has 1 aromatic heterocycles. The van der Waals surface area contributed by atoms with E-state index < -0.39 is 5.92 Å². The molecule has 3 aromatic rings. The molecule has 0 radical (unpaired) electrons. The molecule has 1 heterocycles. The quantitative estimate of drug-likeness (QED) is 0.342. The van der Waals surface area contributed by atoms with E-state index in [1.54, 1.807) is 24.4 Å². The van der Waals surface area contributed by atoms with Crippen molar-refractivity contribution in [2.24, 2.45) is 0 Å². The van der Waals surface area contributed by atoms with Crippen LogP contribution in [0.5, 0.6) is 11.5 Å². The fraction of sp³-hybridized carbons (Fsp3) is 0.200. The summed E-state index contributed by atoms with van der Waals surface area (Å²) in [5, 5.41) is 12.6. The van der Waals surface area contributed by atoms with Gasteiger partial charge in [-0.15, -0.1) is 0 Å². The molecule has 140 valence electrons. The van der Waals surface area contributed by atoms with Gasteiger partial charge in [-0.1, -0.05) is 42.5 Å². The van der Waals surface area contributed by atoms with Crippen LogP contribution >= 0.6 is 11.6 Å². The number of fused-ring (bicyclic) bond motifs is 1. The Labute approximate surface area is 161 Å². The maximum absolute atomic E-state index is 11.4. The highest BCUT2D eigenvalue weighted by atomic mass is 35.5. The lowest BCUT2D eigenvalue weighted by Gasteiger charge is -2.17. The first-order valence-corrected chi connectivity index (χ1v) is 8.71. The summed E-state index contributed by atoms with van der Waals surface area (Å²) in [5.74, 6) is 0.324. The molecule has 0 bridgehead atoms. The highest BCUT2D eigenvalue weighted by Gasteiger charge is 2.26. The molecule has 0 fully saturated rings. The molecular formula is C20H19ClN2O4. The number of aromatic nitrogens is 1. The summed E-state index contributed by atoms with van der Waals surface area (Å²) >= 11 is 6.39. The van der Waals surface area contributed by atoms with Crippen LogP contribution < -0.4 is 9.47 Å². The van der Waals surface area contributed by atoms with Gasteiger partial charge < -0.3 is 14.5 Å². The lowest BCUT2D eigenvalue weighted by molar-refractivity contribution is -0.481. The molecule has 27 heavy (non-hydrogen) atoms. The third-order valence-corrected chi connectivity index (χ3v) is 4.61. The van der Waals surface area contributed by atoms with Crippen molar-refractivity contribution in [3.63, 3.8) is 0 Å². The molecule has 0 aliphatic heterocycles. The van der Waals surface area contributed by atoms with Crippen LogP contribution in [0.2, 0.25) is 5.02 Å². The maximum Gasteiger partial charge on any atom is 0.214 e. The van der Waals surface area contributed by atoms with Gasteiger partial charge in [0.25, 0.3) is 0 Å². The number of methoxy groups -OCH3 is 1. The Morgan fingerprint density at radius 1 is 1.37 bits per heavy atom. The van der Waals surface area contributed by atoms with Gasteiger partial charge in [-0.05, 0) is 29.3 Å². The summed E-state index contributed by atoms with van der Waals surface area (Å²) < 4.78 is 11.0. The molecule has 1 N–H and O–H groups in total. The standard InChI is InChI=1S/C20H19ClN2O4/c1-3-8-27-20-17(21)9-13(10-19(20)26-2)16(12-23(24)25)15-11-22-18-7-5-4-6-14(15)18/h3-7,9-11,16,22H,1,8,12H2,2H3/t16-/m1/s1. The van der Waals surface area contributed by atoms with Gasteiger partial charge in [-0.2, -0.15) is 0 Å². The van der Waals surface area contributed by atoms with Crippen LogP contribution in [0, 0.1) is 10.1 Å². The van der Waals surface area contributed by atoms with Gasteiger partial charge in [0.1, 0.15) is 6.61 Å². The van der Waals surface area contributed by atoms with Crippen LogP contribution in [0.15, 0.2) is 55.3 Å². The van der Waals surface area contributed by atoms with Crippen molar-refractivity contribution in [2.45, 2.75) is 5.92 Å². The van der Waals surface area contributed by atoms with E-state index in [0.29, 0.717) is 22.1 Å². The molecule has 6 nitrogen and oxygen atoms in total. The monoisotopic (exact) mass is 386 g/mol. The minimum atomic E-state index is -0.490. The van der Waals surface area contributed by atoms with Crippen LogP contribution in [0.1, 0.15) is 17.0 Å². The zero-order chi connectivity index (χ0) is 19.4. The third kappa shape index (κ3) is 3.90. The lowest BCUT2D eigenvalue weighted by Crippen LogP contribution is -2.14. The summed E-state index contributed by atoms with van der Waals surface area (Å²) in [7, 11) is 1.50. The Hall–Kier alpha value is -2.99. The molecule has 0 aliphatic rings. The minimum absolute atomic E-state index is 0.270. The number of ether oxygens (including phenoxy) is 2. The highest BCUT2D eigenvalue weighted by Crippen LogP contribution is 2.41. The number of para-hydroxylation sites is 1. The second-order valence-electron chi connectivity index (χ2n) is 5.99. The fourth-order valence-electron chi connectivity index (χ4n) is 3.14. The van der Waals surface area contributed by atoms with Gasteiger partial charge in [0.15, 0.2) is 11.5 Å². The molecule has 0 amide bonds. The smallest absolute Gasteiger partial charge is 0.214 e. The highest BCUT2D eigenvalue weighted by molar-refractivity contribution is 6.32. The van der Waals surface area contributed by atoms with Gasteiger partial charge in [0, 0.05) is 22.0 Å². The van der Waals surface area contributed by atoms with Crippen LogP contribution in [-0.4, -0.2) is 30.2 Å². The van der Waals surface area contributed by atoms with Gasteiger partial charge in [0.05, 0.1) is 18.1 Å². The summed E-state index contributed by atoms with van der Waals surface area (Å²) in [6.07, 6.45) is 3.41. The van der Waals surface area contributed by atoms with Crippen molar-refractivity contribution in [1.82, 2.24) is 4.98 Å². The van der Waals surface area contributed by atoms with Crippen LogP contribution in [0.25, 0.3) is 10.9 Å². The Balaban J connectivity index is 2.12. The Bertz CT molecular complexity index is 983. The van der Waals surface area contributed by atoms with E-state index in [9.17, 15) is 10.1 Å². The van der Waals surface area contributed by atoms with Crippen LogP contribution in [0.4, 0.5) is 0 Å². The molecule has 0 saturated carbocycles. The SMILES string of the molecule is C=CCOc1c(Cl)cc([C@@H](C[N+](=O)[O-])c2c[nH]c3ccccc23)cc1OC. The first kappa shape index (κ1) is 18.8. The van der Waals surface area contributed by atoms with E-state index in [0.717, 1.165) is 16.5 Å². The summed E-state index contributed by atoms with van der Waals surface area (Å²) in [4.78, 5) is 14.2. The van der Waals surface area contributed by atoms with Gasteiger partial charge >= 0.3 is 0 Å². The summed E-state index contributed by atoms with van der Waals surface area (Å²) in [5.41, 5.74) is 2.44. The Morgan fingerprint density at radius 2 is 2.15 bits per heavy atom. The number of aromatic amines is 1. The number of rotatable bonds is 8. The number of nitrogens with zero attached hydrogens (tertiary/aromatic N) is 1. The number of nitro groups is 1. The van der Waals surface area contributed by atoms with Crippen molar-refractivity contribution in [3.8, 4) is 11.5 Å². The minimum Gasteiger partial charge on any atom is -0.493 e. The molecule has 0 spiro atoms. The van der Waals surface area contributed by atoms with E-state index >= 15 is 0 Å². The maximum atomic E-state index is 11.4. The van der Waals surface area contributed by atoms with Crippen molar-refractivity contribution < 1.29 is 14.4 Å². The number of benzene rings is 2. The van der Waals surface area contributed by atoms with Crippen LogP contribution in [-0.2, 0) is 0 Å². The van der Waals surface area contributed by atoms with Crippen molar-refractivity contribution >= 4 is 22.5 Å². The first-order valence-electron chi connectivity index (χ1n) is 8.34. The largest absolute Gasteiger partial charge is 0.493 e. The predicted octanol–water partition coefficient (Wildman–Crippen LogP) is 4.80. The van der Waals surface area contributed by atoms with E-state index in [4.69, 9.17) is 21.1 Å². The zero-order valence-corrected chi connectivity index (χ0v) is 15.5. The average molecular weight is 387 g/mol. The average Bonchev–Trinajstić information content (AvgIpc) is 3.08. The molecule has 0 saturated heterocycles. The number of hydrogen-bond acceptors (Lipinski definition) is 4. The topological polar surface area (TPSA) is 77.4 Å². The van der Waals surface area contributed by atoms with Crippen molar-refractivity contribution in [3.05, 3.63) is 81.5 Å². The van der Waals surface area contributed by atoms with Gasteiger partial charge in [-0.25, -0.2) is 0 Å². The fourth-order valence-corrected chi connectivity index (χ4v) is 3.41. The van der Waals surface area contributed by atoms with Crippen molar-refractivity contribution in [1.29, 1.82) is 0 Å². The zero-order valence-electron chi connectivity index (χ0n) is 14.8. The number of nitrogens with one attached hydrogen (secondary N) is 1. The molecule has 0 unspecified atom stereocenters. The van der Waals surface area contributed by atoms with Crippen molar-refractivity contribution in [2.75, 3.05) is 20.3 Å². The Kier molecular flexibility index (Phi) is 5.66. The first-order chi connectivity index (χ1) is 13.0. The molecular weight excluding hydrogens is 368 g/mol. The van der Waals surface area contributed by atoms with E-state index in [-0.39, 0.29) is 18.1 Å². The lowest BCUT2D eigenvalue weighted by atomic mass is 9.90. The second-order valence-corrected chi connectivity index (χ2v) is 6.40. The second kappa shape index (κ2) is 8.14. The molecule has 1 atom stereocenters. The number of halogens is 1. The van der Waals surface area contributed by atoms with E-state index in [1.807, 2.05) is 24.3 Å².